The fourth-order valence-electron chi connectivity index (χ4n) is 4.12. The van der Waals surface area contributed by atoms with Crippen molar-refractivity contribution >= 4 is 11.6 Å². The second-order valence-electron chi connectivity index (χ2n) is 7.45. The zero-order valence-corrected chi connectivity index (χ0v) is 15.7. The smallest absolute Gasteiger partial charge is 0.158 e. The second kappa shape index (κ2) is 7.36. The topological polar surface area (TPSA) is 98.5 Å². The largest absolute Gasteiger partial charge is 0.385 e. The minimum absolute atomic E-state index is 0.333. The Hall–Kier alpha value is -2.32. The number of hydrogen-bond donors (Lipinski definition) is 2. The van der Waals surface area contributed by atoms with Crippen molar-refractivity contribution in [2.75, 3.05) is 22.9 Å². The summed E-state index contributed by atoms with van der Waals surface area (Å²) in [4.78, 5) is 22.2. The first-order valence-corrected chi connectivity index (χ1v) is 9.58. The molecule has 2 aromatic heterocycles. The van der Waals surface area contributed by atoms with Gasteiger partial charge < -0.3 is 20.0 Å². The average Bonchev–Trinajstić information content (AvgIpc) is 2.67. The molecule has 0 aliphatic carbocycles. The highest BCUT2D eigenvalue weighted by atomic mass is 16.3. The van der Waals surface area contributed by atoms with E-state index in [4.69, 9.17) is 0 Å². The van der Waals surface area contributed by atoms with Crippen LogP contribution in [-0.4, -0.2) is 55.3 Å². The highest BCUT2D eigenvalue weighted by Crippen LogP contribution is 2.34. The van der Waals surface area contributed by atoms with Gasteiger partial charge in [0, 0.05) is 37.6 Å². The van der Waals surface area contributed by atoms with Gasteiger partial charge >= 0.3 is 0 Å². The standard InChI is InChI=1S/C19H26N6O2/c1-12(26)18-20-8-6-16(22-18)24-10-14-4-3-5-15(11-24)25(14)17-7-9-21-19(23-17)13(2)27/h6-9,12-15,26-27H,3-5,10-11H2,1-2H3. The molecule has 0 spiro atoms. The maximum atomic E-state index is 9.82. The van der Waals surface area contributed by atoms with Crippen LogP contribution in [0.4, 0.5) is 11.6 Å². The van der Waals surface area contributed by atoms with Crippen molar-refractivity contribution in [3.63, 3.8) is 0 Å². The lowest BCUT2D eigenvalue weighted by molar-refractivity contribution is 0.188. The number of piperidine rings is 1. The predicted molar refractivity (Wildman–Crippen MR) is 101 cm³/mol. The normalized spacial score (nSPS) is 24.6. The Balaban J connectivity index is 1.59. The molecule has 8 nitrogen and oxygen atoms in total. The number of aromatic nitrogens is 4. The Morgan fingerprint density at radius 1 is 0.889 bits per heavy atom. The van der Waals surface area contributed by atoms with Crippen LogP contribution in [0.2, 0.25) is 0 Å². The molecule has 4 rings (SSSR count). The fraction of sp³-hybridized carbons (Fsp3) is 0.579. The maximum Gasteiger partial charge on any atom is 0.158 e. The van der Waals surface area contributed by atoms with Crippen LogP contribution in [0.15, 0.2) is 24.5 Å². The van der Waals surface area contributed by atoms with Crippen molar-refractivity contribution in [1.29, 1.82) is 0 Å². The van der Waals surface area contributed by atoms with Crippen molar-refractivity contribution in [2.45, 2.75) is 57.4 Å². The van der Waals surface area contributed by atoms with Crippen LogP contribution in [0.3, 0.4) is 0 Å². The van der Waals surface area contributed by atoms with Gasteiger partial charge in [0.25, 0.3) is 0 Å². The van der Waals surface area contributed by atoms with Crippen molar-refractivity contribution in [3.8, 4) is 0 Å². The van der Waals surface area contributed by atoms with E-state index in [0.717, 1.165) is 37.6 Å². The third-order valence-corrected chi connectivity index (χ3v) is 5.38. The predicted octanol–water partition coefficient (Wildman–Crippen LogP) is 1.62. The highest BCUT2D eigenvalue weighted by molar-refractivity contribution is 5.48. The molecular weight excluding hydrogens is 344 g/mol. The summed E-state index contributed by atoms with van der Waals surface area (Å²) in [5.41, 5.74) is 0. The van der Waals surface area contributed by atoms with E-state index in [2.05, 4.69) is 29.7 Å². The molecule has 2 aliphatic rings. The first-order valence-electron chi connectivity index (χ1n) is 9.58. The lowest BCUT2D eigenvalue weighted by atomic mass is 9.91. The van der Waals surface area contributed by atoms with Crippen LogP contribution >= 0.6 is 0 Å². The number of aliphatic hydroxyl groups is 2. The summed E-state index contributed by atoms with van der Waals surface area (Å²) < 4.78 is 0. The Labute approximate surface area is 158 Å². The number of nitrogens with zero attached hydrogens (tertiary/aromatic N) is 6. The van der Waals surface area contributed by atoms with Crippen molar-refractivity contribution in [1.82, 2.24) is 19.9 Å². The first-order chi connectivity index (χ1) is 13.0. The average molecular weight is 370 g/mol. The summed E-state index contributed by atoms with van der Waals surface area (Å²) in [5.74, 6) is 2.68. The van der Waals surface area contributed by atoms with Gasteiger partial charge in [-0.3, -0.25) is 0 Å². The Morgan fingerprint density at radius 2 is 1.41 bits per heavy atom. The number of rotatable bonds is 4. The molecule has 2 fully saturated rings. The monoisotopic (exact) mass is 370 g/mol. The quantitative estimate of drug-likeness (QED) is 0.838. The van der Waals surface area contributed by atoms with Crippen LogP contribution in [0.1, 0.15) is 57.0 Å². The van der Waals surface area contributed by atoms with Gasteiger partial charge in [-0.05, 0) is 45.2 Å². The van der Waals surface area contributed by atoms with E-state index in [0.29, 0.717) is 23.7 Å². The lowest BCUT2D eigenvalue weighted by Gasteiger charge is -2.51. The maximum absolute atomic E-state index is 9.82. The van der Waals surface area contributed by atoms with Crippen LogP contribution in [-0.2, 0) is 0 Å². The van der Waals surface area contributed by atoms with Gasteiger partial charge in [-0.1, -0.05) is 0 Å². The van der Waals surface area contributed by atoms with Crippen LogP contribution < -0.4 is 9.80 Å². The molecule has 0 saturated carbocycles. The van der Waals surface area contributed by atoms with E-state index in [1.54, 1.807) is 26.2 Å². The Kier molecular flexibility index (Phi) is 4.92. The minimum Gasteiger partial charge on any atom is -0.385 e. The van der Waals surface area contributed by atoms with Crippen LogP contribution in [0.5, 0.6) is 0 Å². The zero-order chi connectivity index (χ0) is 19.0. The Morgan fingerprint density at radius 3 is 1.96 bits per heavy atom. The van der Waals surface area contributed by atoms with Gasteiger partial charge in [0.1, 0.15) is 23.8 Å². The molecule has 2 saturated heterocycles. The molecule has 0 radical (unpaired) electrons. The lowest BCUT2D eigenvalue weighted by Crippen LogP contribution is -2.61. The summed E-state index contributed by atoms with van der Waals surface area (Å²) in [7, 11) is 0. The molecule has 2 bridgehead atoms. The summed E-state index contributed by atoms with van der Waals surface area (Å²) in [6, 6.07) is 4.51. The molecule has 144 valence electrons. The van der Waals surface area contributed by atoms with E-state index >= 15 is 0 Å². The molecule has 8 heteroatoms. The molecular formula is C19H26N6O2. The van der Waals surface area contributed by atoms with E-state index < -0.39 is 12.2 Å². The van der Waals surface area contributed by atoms with E-state index in [1.807, 2.05) is 12.1 Å². The number of fused-ring (bicyclic) bond motifs is 2. The fourth-order valence-corrected chi connectivity index (χ4v) is 4.12. The molecule has 27 heavy (non-hydrogen) atoms. The summed E-state index contributed by atoms with van der Waals surface area (Å²) in [6.07, 6.45) is 5.48. The number of aliphatic hydroxyl groups excluding tert-OH is 2. The van der Waals surface area contributed by atoms with Gasteiger partial charge in [-0.25, -0.2) is 19.9 Å². The van der Waals surface area contributed by atoms with Gasteiger partial charge in [-0.15, -0.1) is 0 Å². The van der Waals surface area contributed by atoms with E-state index in [-0.39, 0.29) is 0 Å². The van der Waals surface area contributed by atoms with E-state index in [9.17, 15) is 10.2 Å². The number of hydrogen-bond acceptors (Lipinski definition) is 8. The molecule has 4 unspecified atom stereocenters. The van der Waals surface area contributed by atoms with Gasteiger partial charge in [-0.2, -0.15) is 0 Å². The number of anilines is 2. The van der Waals surface area contributed by atoms with Crippen LogP contribution in [0.25, 0.3) is 0 Å². The van der Waals surface area contributed by atoms with Gasteiger partial charge in [0.2, 0.25) is 0 Å². The summed E-state index contributed by atoms with van der Waals surface area (Å²) >= 11 is 0. The van der Waals surface area contributed by atoms with Crippen LogP contribution in [0, 0.1) is 0 Å². The SMILES string of the molecule is CC(O)c1nccc(N2CC3CCCC(C2)N3c2ccnc(C(C)O)n2)n1. The third-order valence-electron chi connectivity index (χ3n) is 5.38. The molecule has 0 amide bonds. The molecule has 4 atom stereocenters. The third kappa shape index (κ3) is 3.59. The second-order valence-corrected chi connectivity index (χ2v) is 7.45. The van der Waals surface area contributed by atoms with E-state index in [1.165, 1.54) is 6.42 Å². The molecule has 0 aromatic carbocycles. The number of piperazine rings is 1. The van der Waals surface area contributed by atoms with Crippen molar-refractivity contribution < 1.29 is 10.2 Å². The highest BCUT2D eigenvalue weighted by Gasteiger charge is 2.38. The molecule has 4 heterocycles. The van der Waals surface area contributed by atoms with Crippen molar-refractivity contribution in [3.05, 3.63) is 36.2 Å². The Bertz CT molecular complexity index is 785. The van der Waals surface area contributed by atoms with Crippen molar-refractivity contribution in [2.24, 2.45) is 0 Å². The molecule has 2 aliphatic heterocycles. The summed E-state index contributed by atoms with van der Waals surface area (Å²) in [6.45, 7) is 5.06. The van der Waals surface area contributed by atoms with Gasteiger partial charge in [0.15, 0.2) is 11.6 Å². The van der Waals surface area contributed by atoms with Gasteiger partial charge in [0.05, 0.1) is 0 Å². The first kappa shape index (κ1) is 18.1. The zero-order valence-electron chi connectivity index (χ0n) is 15.7. The summed E-state index contributed by atoms with van der Waals surface area (Å²) in [5, 5.41) is 19.6. The molecule has 2 aromatic rings. The minimum atomic E-state index is -0.675. The molecule has 2 N–H and O–H groups in total.